The fourth-order valence-corrected chi connectivity index (χ4v) is 2.32. The molecule has 2 unspecified atom stereocenters. The summed E-state index contributed by atoms with van der Waals surface area (Å²) in [6.07, 6.45) is 4.02. The van der Waals surface area contributed by atoms with Crippen molar-refractivity contribution in [2.75, 3.05) is 5.32 Å². The van der Waals surface area contributed by atoms with Crippen LogP contribution in [-0.4, -0.2) is 17.8 Å². The van der Waals surface area contributed by atoms with Gasteiger partial charge in [-0.1, -0.05) is 24.3 Å². The number of benzene rings is 1. The lowest BCUT2D eigenvalue weighted by molar-refractivity contribution is -0.313. The number of carboxylic acid groups (broad SMARTS) is 2. The summed E-state index contributed by atoms with van der Waals surface area (Å²) in [6, 6.07) is 5.60. The van der Waals surface area contributed by atoms with E-state index in [1.807, 2.05) is 0 Å². The zero-order valence-electron chi connectivity index (χ0n) is 11.1. The highest BCUT2D eigenvalue weighted by Crippen LogP contribution is 2.26. The molecule has 110 valence electrons. The minimum atomic E-state index is -1.35. The number of carboxylic acids is 2. The molecule has 2 atom stereocenters. The van der Waals surface area contributed by atoms with Gasteiger partial charge >= 0.3 is 0 Å². The Kier molecular flexibility index (Phi) is 4.37. The third-order valence-electron chi connectivity index (χ3n) is 3.44. The van der Waals surface area contributed by atoms with E-state index in [2.05, 4.69) is 5.32 Å². The Hall–Kier alpha value is -2.63. The molecule has 2 rings (SSSR count). The average molecular weight is 287 g/mol. The van der Waals surface area contributed by atoms with Crippen molar-refractivity contribution >= 4 is 23.5 Å². The Morgan fingerprint density at radius 3 is 2.33 bits per heavy atom. The molecule has 0 fully saturated rings. The zero-order valence-corrected chi connectivity index (χ0v) is 11.1. The molecule has 0 aliphatic heterocycles. The number of allylic oxidation sites excluding steroid dienone is 2. The number of hydrogen-bond acceptors (Lipinski definition) is 5. The Morgan fingerprint density at radius 2 is 1.71 bits per heavy atom. The van der Waals surface area contributed by atoms with Crippen LogP contribution < -0.4 is 15.5 Å². The normalized spacial score (nSPS) is 20.8. The van der Waals surface area contributed by atoms with Gasteiger partial charge in [0.05, 0.1) is 11.9 Å². The molecule has 0 aromatic heterocycles. The molecule has 0 spiro atoms. The fraction of sp³-hybridized carbons (Fsp3) is 0.267. The van der Waals surface area contributed by atoms with E-state index in [9.17, 15) is 24.6 Å². The molecule has 0 heterocycles. The first-order chi connectivity index (χ1) is 9.99. The third-order valence-corrected chi connectivity index (χ3v) is 3.44. The van der Waals surface area contributed by atoms with E-state index in [1.54, 1.807) is 12.2 Å². The minimum absolute atomic E-state index is 0.0622. The standard InChI is InChI=1S/C15H15NO5/c17-13(11-6-1-2-7-12(11)15(20)21)16-10-5-3-4-9(8-10)14(18)19/h1-5,8,11-12H,6-7H2,(H,16,17)(H,18,19)(H,20,21)/p-2. The van der Waals surface area contributed by atoms with Gasteiger partial charge in [-0.3, -0.25) is 4.79 Å². The molecule has 1 N–H and O–H groups in total. The van der Waals surface area contributed by atoms with Gasteiger partial charge in [0.25, 0.3) is 0 Å². The van der Waals surface area contributed by atoms with Gasteiger partial charge < -0.3 is 25.1 Å². The number of aromatic carboxylic acids is 1. The molecule has 1 aliphatic rings. The lowest BCUT2D eigenvalue weighted by atomic mass is 9.82. The highest BCUT2D eigenvalue weighted by Gasteiger charge is 2.29. The Labute approximate surface area is 121 Å². The van der Waals surface area contributed by atoms with E-state index in [4.69, 9.17) is 0 Å². The average Bonchev–Trinajstić information content (AvgIpc) is 2.47. The van der Waals surface area contributed by atoms with Gasteiger partial charge in [0.15, 0.2) is 0 Å². The van der Waals surface area contributed by atoms with Crippen LogP contribution in [0.1, 0.15) is 23.2 Å². The molecule has 1 amide bonds. The predicted molar refractivity (Wildman–Crippen MR) is 69.8 cm³/mol. The highest BCUT2D eigenvalue weighted by molar-refractivity contribution is 5.96. The number of carbonyl (C=O) groups is 3. The summed E-state index contributed by atoms with van der Waals surface area (Å²) >= 11 is 0. The molecular formula is C15H13NO5-2. The van der Waals surface area contributed by atoms with Gasteiger partial charge in [0.1, 0.15) is 0 Å². The zero-order chi connectivity index (χ0) is 15.4. The molecular weight excluding hydrogens is 274 g/mol. The van der Waals surface area contributed by atoms with Gasteiger partial charge in [0, 0.05) is 17.6 Å². The monoisotopic (exact) mass is 287 g/mol. The molecule has 1 aromatic carbocycles. The lowest BCUT2D eigenvalue weighted by Gasteiger charge is -2.28. The summed E-state index contributed by atoms with van der Waals surface area (Å²) in [5.41, 5.74) is 0.223. The molecule has 0 radical (unpaired) electrons. The van der Waals surface area contributed by atoms with E-state index in [0.29, 0.717) is 6.42 Å². The molecule has 0 bridgehead atoms. The number of hydrogen-bond donors (Lipinski definition) is 1. The third kappa shape index (κ3) is 3.47. The topological polar surface area (TPSA) is 109 Å². The molecule has 0 saturated heterocycles. The van der Waals surface area contributed by atoms with Crippen LogP contribution in [0.25, 0.3) is 0 Å². The largest absolute Gasteiger partial charge is 0.550 e. The number of rotatable bonds is 4. The summed E-state index contributed by atoms with van der Waals surface area (Å²) in [7, 11) is 0. The van der Waals surface area contributed by atoms with Crippen molar-refractivity contribution in [2.45, 2.75) is 12.8 Å². The van der Waals surface area contributed by atoms with Crippen LogP contribution in [0, 0.1) is 11.8 Å². The summed E-state index contributed by atoms with van der Waals surface area (Å²) in [4.78, 5) is 34.0. The molecule has 1 aromatic rings. The van der Waals surface area contributed by atoms with E-state index >= 15 is 0 Å². The lowest BCUT2D eigenvalue weighted by Crippen LogP contribution is -2.41. The number of nitrogens with one attached hydrogen (secondary N) is 1. The van der Waals surface area contributed by atoms with Crippen LogP contribution in [0.5, 0.6) is 0 Å². The molecule has 6 nitrogen and oxygen atoms in total. The van der Waals surface area contributed by atoms with Crippen LogP contribution >= 0.6 is 0 Å². The van der Waals surface area contributed by atoms with Crippen molar-refractivity contribution in [3.05, 3.63) is 42.0 Å². The van der Waals surface area contributed by atoms with Gasteiger partial charge in [-0.15, -0.1) is 0 Å². The quantitative estimate of drug-likeness (QED) is 0.738. The van der Waals surface area contributed by atoms with Crippen molar-refractivity contribution in [2.24, 2.45) is 11.8 Å². The SMILES string of the molecule is O=C([O-])c1cccc(NC(=O)C2CC=CCC2C(=O)[O-])c1. The predicted octanol–water partition coefficient (Wildman–Crippen LogP) is -0.679. The van der Waals surface area contributed by atoms with Gasteiger partial charge in [-0.2, -0.15) is 0 Å². The van der Waals surface area contributed by atoms with Crippen molar-refractivity contribution in [3.63, 3.8) is 0 Å². The summed E-state index contributed by atoms with van der Waals surface area (Å²) < 4.78 is 0. The van der Waals surface area contributed by atoms with Crippen molar-refractivity contribution in [1.29, 1.82) is 0 Å². The van der Waals surface area contributed by atoms with Crippen LogP contribution in [0.15, 0.2) is 36.4 Å². The smallest absolute Gasteiger partial charge is 0.228 e. The molecule has 21 heavy (non-hydrogen) atoms. The van der Waals surface area contributed by atoms with Crippen molar-refractivity contribution in [3.8, 4) is 0 Å². The summed E-state index contributed by atoms with van der Waals surface area (Å²) in [6.45, 7) is 0. The maximum Gasteiger partial charge on any atom is 0.228 e. The van der Waals surface area contributed by atoms with Crippen LogP contribution in [0.4, 0.5) is 5.69 Å². The Balaban J connectivity index is 2.13. The van der Waals surface area contributed by atoms with E-state index in [0.717, 1.165) is 0 Å². The first kappa shape index (κ1) is 14.8. The van der Waals surface area contributed by atoms with Crippen LogP contribution in [0.2, 0.25) is 0 Å². The Bertz CT molecular complexity index is 608. The number of anilines is 1. The van der Waals surface area contributed by atoms with Gasteiger partial charge in [-0.05, 0) is 30.5 Å². The molecule has 1 aliphatic carbocycles. The molecule has 0 saturated carbocycles. The number of aliphatic carboxylic acids is 1. The second-order valence-electron chi connectivity index (χ2n) is 4.83. The first-order valence-corrected chi connectivity index (χ1v) is 6.47. The van der Waals surface area contributed by atoms with Gasteiger partial charge in [0.2, 0.25) is 5.91 Å². The van der Waals surface area contributed by atoms with E-state index in [1.165, 1.54) is 24.3 Å². The van der Waals surface area contributed by atoms with E-state index in [-0.39, 0.29) is 17.7 Å². The van der Waals surface area contributed by atoms with E-state index < -0.39 is 29.7 Å². The fourth-order valence-electron chi connectivity index (χ4n) is 2.32. The first-order valence-electron chi connectivity index (χ1n) is 6.47. The summed E-state index contributed by atoms with van der Waals surface area (Å²) in [5, 5.41) is 24.4. The Morgan fingerprint density at radius 1 is 1.05 bits per heavy atom. The van der Waals surface area contributed by atoms with Crippen LogP contribution in [0.3, 0.4) is 0 Å². The second kappa shape index (κ2) is 6.21. The van der Waals surface area contributed by atoms with Crippen molar-refractivity contribution < 1.29 is 24.6 Å². The summed E-state index contributed by atoms with van der Waals surface area (Å²) in [5.74, 6) is -4.68. The maximum absolute atomic E-state index is 12.2. The number of amides is 1. The van der Waals surface area contributed by atoms with Crippen LogP contribution in [-0.2, 0) is 9.59 Å². The van der Waals surface area contributed by atoms with Crippen molar-refractivity contribution in [1.82, 2.24) is 0 Å². The molecule has 6 heteroatoms. The highest BCUT2D eigenvalue weighted by atomic mass is 16.4. The van der Waals surface area contributed by atoms with Gasteiger partial charge in [-0.25, -0.2) is 0 Å². The minimum Gasteiger partial charge on any atom is -0.550 e. The number of carbonyl (C=O) groups excluding carboxylic acids is 3. The maximum atomic E-state index is 12.2. The second-order valence-corrected chi connectivity index (χ2v) is 4.83.